The van der Waals surface area contributed by atoms with Crippen LogP contribution in [-0.4, -0.2) is 40.6 Å². The Hall–Kier alpha value is -2.04. The maximum absolute atomic E-state index is 12.6. The first kappa shape index (κ1) is 16.3. The first-order valence-electron chi connectivity index (χ1n) is 7.65. The summed E-state index contributed by atoms with van der Waals surface area (Å²) in [6.45, 7) is 5.54. The largest absolute Gasteiger partial charge is 0.481 e. The summed E-state index contributed by atoms with van der Waals surface area (Å²) in [4.78, 5) is 25.3. The molecule has 120 valence electrons. The van der Waals surface area contributed by atoms with Crippen LogP contribution in [0.4, 0.5) is 0 Å². The highest BCUT2D eigenvalue weighted by Gasteiger charge is 2.36. The third-order valence-electron chi connectivity index (χ3n) is 3.81. The summed E-state index contributed by atoms with van der Waals surface area (Å²) in [6, 6.07) is 7.71. The normalized spacial score (nSPS) is 16.7. The monoisotopic (exact) mass is 305 g/mol. The summed E-state index contributed by atoms with van der Waals surface area (Å²) in [7, 11) is 0. The quantitative estimate of drug-likeness (QED) is 0.840. The highest BCUT2D eigenvalue weighted by atomic mass is 16.5. The summed E-state index contributed by atoms with van der Waals surface area (Å²) in [5, 5.41) is 9.05. The van der Waals surface area contributed by atoms with Gasteiger partial charge in [-0.1, -0.05) is 19.1 Å². The van der Waals surface area contributed by atoms with Crippen molar-refractivity contribution in [3.8, 4) is 5.75 Å². The van der Waals surface area contributed by atoms with E-state index in [-0.39, 0.29) is 18.5 Å². The summed E-state index contributed by atoms with van der Waals surface area (Å²) < 4.78 is 5.72. The maximum atomic E-state index is 12.6. The minimum Gasteiger partial charge on any atom is -0.481 e. The van der Waals surface area contributed by atoms with E-state index in [4.69, 9.17) is 9.84 Å². The lowest BCUT2D eigenvalue weighted by atomic mass is 10.1. The number of carbonyl (C=O) groups is 2. The number of amides is 1. The summed E-state index contributed by atoms with van der Waals surface area (Å²) >= 11 is 0. The number of rotatable bonds is 7. The van der Waals surface area contributed by atoms with Crippen molar-refractivity contribution in [1.82, 2.24) is 4.90 Å². The van der Waals surface area contributed by atoms with Gasteiger partial charge in [0.1, 0.15) is 5.75 Å². The number of carboxylic acid groups (broad SMARTS) is 1. The molecule has 0 aliphatic heterocycles. The van der Waals surface area contributed by atoms with Crippen LogP contribution in [0, 0.1) is 12.8 Å². The molecule has 1 aromatic rings. The first-order valence-corrected chi connectivity index (χ1v) is 7.65. The number of carboxylic acids is 1. The SMILES string of the molecule is Cc1cccc(OC(C)C(=O)N(CC(C)C(=O)O)C2CC2)c1. The number of hydrogen-bond acceptors (Lipinski definition) is 3. The molecular formula is C17H23NO4. The molecule has 1 aliphatic rings. The van der Waals surface area contributed by atoms with Gasteiger partial charge in [-0.25, -0.2) is 0 Å². The van der Waals surface area contributed by atoms with Crippen molar-refractivity contribution in [2.75, 3.05) is 6.54 Å². The molecule has 1 amide bonds. The van der Waals surface area contributed by atoms with Gasteiger partial charge in [0, 0.05) is 12.6 Å². The van der Waals surface area contributed by atoms with Gasteiger partial charge in [-0.3, -0.25) is 9.59 Å². The minimum absolute atomic E-state index is 0.142. The van der Waals surface area contributed by atoms with E-state index in [9.17, 15) is 9.59 Å². The van der Waals surface area contributed by atoms with E-state index < -0.39 is 18.0 Å². The Labute approximate surface area is 130 Å². The van der Waals surface area contributed by atoms with E-state index in [1.807, 2.05) is 31.2 Å². The standard InChI is InChI=1S/C17H23NO4/c1-11-5-4-6-15(9-11)22-13(3)16(19)18(14-7-8-14)10-12(2)17(20)21/h4-6,9,12-14H,7-8,10H2,1-3H3,(H,20,21). The number of nitrogens with zero attached hydrogens (tertiary/aromatic N) is 1. The molecule has 0 saturated heterocycles. The Morgan fingerprint density at radius 2 is 2.05 bits per heavy atom. The van der Waals surface area contributed by atoms with Crippen LogP contribution in [0.3, 0.4) is 0 Å². The van der Waals surface area contributed by atoms with Crippen LogP contribution in [-0.2, 0) is 9.59 Å². The van der Waals surface area contributed by atoms with Crippen LogP contribution in [0.2, 0.25) is 0 Å². The highest BCUT2D eigenvalue weighted by Crippen LogP contribution is 2.29. The Morgan fingerprint density at radius 3 is 2.59 bits per heavy atom. The summed E-state index contributed by atoms with van der Waals surface area (Å²) in [5.74, 6) is -0.943. The van der Waals surface area contributed by atoms with Crippen LogP contribution in [0.1, 0.15) is 32.3 Å². The fourth-order valence-electron chi connectivity index (χ4n) is 2.36. The Bertz CT molecular complexity index is 553. The minimum atomic E-state index is -0.884. The number of aliphatic carboxylic acids is 1. The van der Waals surface area contributed by atoms with Gasteiger partial charge in [0.2, 0.25) is 0 Å². The molecule has 0 aromatic heterocycles. The lowest BCUT2D eigenvalue weighted by molar-refractivity contribution is -0.145. The van der Waals surface area contributed by atoms with E-state index in [0.29, 0.717) is 5.75 Å². The van der Waals surface area contributed by atoms with E-state index in [0.717, 1.165) is 18.4 Å². The van der Waals surface area contributed by atoms with E-state index in [1.54, 1.807) is 18.7 Å². The second-order valence-electron chi connectivity index (χ2n) is 6.04. The van der Waals surface area contributed by atoms with E-state index in [1.165, 1.54) is 0 Å². The van der Waals surface area contributed by atoms with Gasteiger partial charge in [0.15, 0.2) is 6.10 Å². The number of ether oxygens (including phenoxy) is 1. The van der Waals surface area contributed by atoms with Crippen molar-refractivity contribution in [3.05, 3.63) is 29.8 Å². The smallest absolute Gasteiger partial charge is 0.308 e. The van der Waals surface area contributed by atoms with Crippen molar-refractivity contribution in [2.24, 2.45) is 5.92 Å². The van der Waals surface area contributed by atoms with E-state index >= 15 is 0 Å². The highest BCUT2D eigenvalue weighted by molar-refractivity contribution is 5.82. The van der Waals surface area contributed by atoms with Crippen LogP contribution < -0.4 is 4.74 Å². The molecule has 0 heterocycles. The van der Waals surface area contributed by atoms with Gasteiger partial charge in [-0.05, 0) is 44.4 Å². The van der Waals surface area contributed by atoms with Gasteiger partial charge in [-0.2, -0.15) is 0 Å². The number of aryl methyl sites for hydroxylation is 1. The van der Waals surface area contributed by atoms with Crippen molar-refractivity contribution in [2.45, 2.75) is 45.8 Å². The molecule has 0 bridgehead atoms. The third kappa shape index (κ3) is 4.23. The van der Waals surface area contributed by atoms with Gasteiger partial charge in [0.05, 0.1) is 5.92 Å². The van der Waals surface area contributed by atoms with Crippen molar-refractivity contribution < 1.29 is 19.4 Å². The Balaban J connectivity index is 2.01. The topological polar surface area (TPSA) is 66.8 Å². The molecule has 1 fully saturated rings. The average Bonchev–Trinajstić information content (AvgIpc) is 3.28. The molecule has 1 aromatic carbocycles. The molecule has 2 rings (SSSR count). The van der Waals surface area contributed by atoms with Gasteiger partial charge < -0.3 is 14.7 Å². The Morgan fingerprint density at radius 1 is 1.36 bits per heavy atom. The predicted octanol–water partition coefficient (Wildman–Crippen LogP) is 2.47. The molecule has 2 atom stereocenters. The summed E-state index contributed by atoms with van der Waals surface area (Å²) in [6.07, 6.45) is 1.26. The fraction of sp³-hybridized carbons (Fsp3) is 0.529. The van der Waals surface area contributed by atoms with Crippen molar-refractivity contribution >= 4 is 11.9 Å². The van der Waals surface area contributed by atoms with Crippen molar-refractivity contribution in [1.29, 1.82) is 0 Å². The molecule has 0 radical (unpaired) electrons. The van der Waals surface area contributed by atoms with Crippen LogP contribution in [0.5, 0.6) is 5.75 Å². The molecule has 1 saturated carbocycles. The van der Waals surface area contributed by atoms with Gasteiger partial charge in [-0.15, -0.1) is 0 Å². The molecule has 5 nitrogen and oxygen atoms in total. The number of carbonyl (C=O) groups excluding carboxylic acids is 1. The molecule has 2 unspecified atom stereocenters. The number of benzene rings is 1. The zero-order valence-electron chi connectivity index (χ0n) is 13.3. The van der Waals surface area contributed by atoms with Crippen LogP contribution in [0.25, 0.3) is 0 Å². The fourth-order valence-corrected chi connectivity index (χ4v) is 2.36. The van der Waals surface area contributed by atoms with E-state index in [2.05, 4.69) is 0 Å². The third-order valence-corrected chi connectivity index (χ3v) is 3.81. The van der Waals surface area contributed by atoms with Gasteiger partial charge in [0.25, 0.3) is 5.91 Å². The maximum Gasteiger partial charge on any atom is 0.308 e. The molecule has 0 spiro atoms. The second kappa shape index (κ2) is 6.81. The Kier molecular flexibility index (Phi) is 5.06. The zero-order valence-corrected chi connectivity index (χ0v) is 13.3. The average molecular weight is 305 g/mol. The first-order chi connectivity index (χ1) is 10.4. The molecule has 1 N–H and O–H groups in total. The molecule has 1 aliphatic carbocycles. The van der Waals surface area contributed by atoms with Crippen molar-refractivity contribution in [3.63, 3.8) is 0 Å². The summed E-state index contributed by atoms with van der Waals surface area (Å²) in [5.41, 5.74) is 1.07. The molecule has 22 heavy (non-hydrogen) atoms. The van der Waals surface area contributed by atoms with Gasteiger partial charge >= 0.3 is 5.97 Å². The van der Waals surface area contributed by atoms with Crippen LogP contribution in [0.15, 0.2) is 24.3 Å². The second-order valence-corrected chi connectivity index (χ2v) is 6.04. The lowest BCUT2D eigenvalue weighted by Crippen LogP contribution is -2.45. The van der Waals surface area contributed by atoms with Crippen LogP contribution >= 0.6 is 0 Å². The number of hydrogen-bond donors (Lipinski definition) is 1. The lowest BCUT2D eigenvalue weighted by Gasteiger charge is -2.27. The molecule has 5 heteroatoms. The predicted molar refractivity (Wildman–Crippen MR) is 82.8 cm³/mol. The molecular weight excluding hydrogens is 282 g/mol. The zero-order chi connectivity index (χ0) is 16.3.